The van der Waals surface area contributed by atoms with Crippen LogP contribution in [0.25, 0.3) is 0 Å². The van der Waals surface area contributed by atoms with Gasteiger partial charge in [0.05, 0.1) is 11.8 Å². The Morgan fingerprint density at radius 2 is 1.10 bits per heavy atom. The van der Waals surface area contributed by atoms with Crippen LogP contribution < -0.4 is 0 Å². The van der Waals surface area contributed by atoms with Crippen LogP contribution in [0, 0.1) is 11.8 Å². The fraction of sp³-hybridized carbons (Fsp3) is 0.750. The van der Waals surface area contributed by atoms with Gasteiger partial charge in [0.2, 0.25) is 11.8 Å². The minimum atomic E-state index is -0.220. The van der Waals surface area contributed by atoms with E-state index in [1.807, 2.05) is 9.80 Å². The highest BCUT2D eigenvalue weighted by Crippen LogP contribution is 2.47. The third-order valence-corrected chi connectivity index (χ3v) is 4.89. The number of hydrogen-bond acceptors (Lipinski definition) is 2. The lowest BCUT2D eigenvalue weighted by Gasteiger charge is -2.28. The summed E-state index contributed by atoms with van der Waals surface area (Å²) in [4.78, 5) is 28.8. The highest BCUT2D eigenvalue weighted by Gasteiger charge is 2.54. The lowest BCUT2D eigenvalue weighted by Crippen LogP contribution is -2.40. The van der Waals surface area contributed by atoms with Crippen LogP contribution in [-0.4, -0.2) is 47.8 Å². The van der Waals surface area contributed by atoms with Crippen molar-refractivity contribution in [2.24, 2.45) is 11.8 Å². The molecule has 2 amide bonds. The molecule has 0 radical (unpaired) electrons. The summed E-state index contributed by atoms with van der Waals surface area (Å²) in [5.74, 6) is -0.153. The lowest BCUT2D eigenvalue weighted by molar-refractivity contribution is -0.138. The average Bonchev–Trinajstić information content (AvgIpc) is 3.18. The Labute approximate surface area is 120 Å². The van der Waals surface area contributed by atoms with Gasteiger partial charge < -0.3 is 9.80 Å². The highest BCUT2D eigenvalue weighted by molar-refractivity contribution is 5.99. The van der Waals surface area contributed by atoms with E-state index in [0.717, 1.165) is 57.4 Å². The van der Waals surface area contributed by atoms with E-state index in [1.54, 1.807) is 0 Å². The van der Waals surface area contributed by atoms with Crippen molar-refractivity contribution in [2.45, 2.75) is 38.5 Å². The van der Waals surface area contributed by atoms with Gasteiger partial charge in [-0.15, -0.1) is 0 Å². The summed E-state index contributed by atoms with van der Waals surface area (Å²) in [6.07, 6.45) is 6.80. The quantitative estimate of drug-likeness (QED) is 0.722. The molecule has 0 aromatic heterocycles. The third-order valence-electron chi connectivity index (χ3n) is 4.89. The van der Waals surface area contributed by atoms with Crippen molar-refractivity contribution in [1.82, 2.24) is 9.80 Å². The zero-order valence-electron chi connectivity index (χ0n) is 12.1. The first kappa shape index (κ1) is 13.7. The Morgan fingerprint density at radius 1 is 0.750 bits per heavy atom. The molecule has 0 bridgehead atoms. The van der Waals surface area contributed by atoms with Crippen LogP contribution >= 0.6 is 0 Å². The minimum absolute atomic E-state index is 0.144. The molecule has 20 heavy (non-hydrogen) atoms. The molecule has 0 N–H and O–H groups in total. The van der Waals surface area contributed by atoms with E-state index in [0.29, 0.717) is 0 Å². The number of likely N-dealkylation sites (tertiary alicyclic amines) is 2. The molecule has 1 aliphatic carbocycles. The highest BCUT2D eigenvalue weighted by atomic mass is 16.2. The van der Waals surface area contributed by atoms with Crippen molar-refractivity contribution in [3.8, 4) is 0 Å². The van der Waals surface area contributed by atoms with Crippen molar-refractivity contribution in [3.63, 3.8) is 0 Å². The van der Waals surface area contributed by atoms with Gasteiger partial charge >= 0.3 is 0 Å². The summed E-state index contributed by atoms with van der Waals surface area (Å²) in [7, 11) is 0. The molecule has 0 aromatic rings. The first-order valence-corrected chi connectivity index (χ1v) is 7.96. The number of carbonyl (C=O) groups is 2. The van der Waals surface area contributed by atoms with Crippen molar-refractivity contribution in [1.29, 1.82) is 0 Å². The first-order valence-electron chi connectivity index (χ1n) is 7.96. The average molecular weight is 276 g/mol. The molecule has 4 nitrogen and oxygen atoms in total. The zero-order chi connectivity index (χ0) is 14.1. The Kier molecular flexibility index (Phi) is 3.81. The second-order valence-electron chi connectivity index (χ2n) is 6.30. The van der Waals surface area contributed by atoms with Gasteiger partial charge in [0, 0.05) is 26.2 Å². The van der Waals surface area contributed by atoms with Gasteiger partial charge in [-0.3, -0.25) is 9.59 Å². The molecule has 0 aromatic carbocycles. The summed E-state index contributed by atoms with van der Waals surface area (Å²) >= 11 is 0. The topological polar surface area (TPSA) is 40.6 Å². The van der Waals surface area contributed by atoms with Crippen LogP contribution in [0.15, 0.2) is 12.2 Å². The zero-order valence-corrected chi connectivity index (χ0v) is 12.1. The number of piperidine rings is 2. The SMILES string of the molecule is C=C1C(C(=O)N2CCCCC2)[C@@H]1C(=O)N1CCCCC1. The molecule has 110 valence electrons. The van der Waals surface area contributed by atoms with Gasteiger partial charge in [-0.05, 0) is 38.5 Å². The fourth-order valence-electron chi connectivity index (χ4n) is 3.54. The van der Waals surface area contributed by atoms with Gasteiger partial charge in [0.1, 0.15) is 0 Å². The summed E-state index contributed by atoms with van der Waals surface area (Å²) in [6.45, 7) is 7.38. The minimum Gasteiger partial charge on any atom is -0.342 e. The molecule has 2 atom stereocenters. The molecule has 1 saturated carbocycles. The van der Waals surface area contributed by atoms with Crippen molar-refractivity contribution < 1.29 is 9.59 Å². The van der Waals surface area contributed by atoms with E-state index in [-0.39, 0.29) is 23.7 Å². The van der Waals surface area contributed by atoms with Gasteiger partial charge in [-0.25, -0.2) is 0 Å². The second kappa shape index (κ2) is 5.58. The van der Waals surface area contributed by atoms with Crippen molar-refractivity contribution in [2.75, 3.05) is 26.2 Å². The largest absolute Gasteiger partial charge is 0.342 e. The molecule has 3 rings (SSSR count). The first-order chi connectivity index (χ1) is 9.70. The Balaban J connectivity index is 1.60. The molecule has 3 aliphatic rings. The summed E-state index contributed by atoms with van der Waals surface area (Å²) < 4.78 is 0. The molecule has 4 heteroatoms. The van der Waals surface area contributed by atoms with Gasteiger partial charge in [0.25, 0.3) is 0 Å². The molecule has 2 heterocycles. The Hall–Kier alpha value is -1.32. The Bertz CT molecular complexity index is 382. The van der Waals surface area contributed by atoms with Crippen LogP contribution in [0.4, 0.5) is 0 Å². The van der Waals surface area contributed by atoms with Crippen molar-refractivity contribution >= 4 is 11.8 Å². The monoisotopic (exact) mass is 276 g/mol. The van der Waals surface area contributed by atoms with Crippen LogP contribution in [0.5, 0.6) is 0 Å². The maximum Gasteiger partial charge on any atom is 0.230 e. The van der Waals surface area contributed by atoms with E-state index >= 15 is 0 Å². The maximum atomic E-state index is 12.5. The maximum absolute atomic E-state index is 12.5. The van der Waals surface area contributed by atoms with Gasteiger partial charge in [-0.2, -0.15) is 0 Å². The van der Waals surface area contributed by atoms with Crippen LogP contribution in [0.3, 0.4) is 0 Å². The van der Waals surface area contributed by atoms with Crippen molar-refractivity contribution in [3.05, 3.63) is 12.2 Å². The molecule has 3 fully saturated rings. The molecule has 0 spiro atoms. The van der Waals surface area contributed by atoms with Gasteiger partial charge in [-0.1, -0.05) is 12.2 Å². The number of hydrogen-bond donors (Lipinski definition) is 0. The van der Waals surface area contributed by atoms with E-state index in [1.165, 1.54) is 12.8 Å². The Morgan fingerprint density at radius 3 is 1.45 bits per heavy atom. The normalized spacial score (nSPS) is 30.3. The van der Waals surface area contributed by atoms with Crippen LogP contribution in [-0.2, 0) is 9.59 Å². The molecular formula is C16H24N2O2. The van der Waals surface area contributed by atoms with E-state index in [2.05, 4.69) is 6.58 Å². The molecular weight excluding hydrogens is 252 g/mol. The van der Waals surface area contributed by atoms with E-state index in [9.17, 15) is 9.59 Å². The van der Waals surface area contributed by atoms with E-state index < -0.39 is 0 Å². The summed E-state index contributed by atoms with van der Waals surface area (Å²) in [5, 5.41) is 0. The van der Waals surface area contributed by atoms with E-state index in [4.69, 9.17) is 0 Å². The van der Waals surface area contributed by atoms with Crippen LogP contribution in [0.2, 0.25) is 0 Å². The summed E-state index contributed by atoms with van der Waals surface area (Å²) in [5.41, 5.74) is 0.844. The second-order valence-corrected chi connectivity index (χ2v) is 6.30. The number of rotatable bonds is 2. The standard InChI is InChI=1S/C16H24N2O2/c1-12-13(15(19)17-8-4-2-5-9-17)14(12)16(20)18-10-6-3-7-11-18/h13-14H,1-11H2/t13-,14?/m1/s1. The molecule has 2 aliphatic heterocycles. The van der Waals surface area contributed by atoms with Gasteiger partial charge in [0.15, 0.2) is 0 Å². The number of carbonyl (C=O) groups excluding carboxylic acids is 2. The molecule has 2 saturated heterocycles. The number of nitrogens with zero attached hydrogens (tertiary/aromatic N) is 2. The lowest BCUT2D eigenvalue weighted by atomic mass is 10.1. The van der Waals surface area contributed by atoms with Crippen LogP contribution in [0.1, 0.15) is 38.5 Å². The third kappa shape index (κ3) is 2.48. The summed E-state index contributed by atoms with van der Waals surface area (Å²) in [6, 6.07) is 0. The predicted molar refractivity (Wildman–Crippen MR) is 77.0 cm³/mol. The molecule has 1 unspecified atom stereocenters. The fourth-order valence-corrected chi connectivity index (χ4v) is 3.54. The smallest absolute Gasteiger partial charge is 0.230 e. The number of amides is 2. The predicted octanol–water partition coefficient (Wildman–Crippen LogP) is 1.81.